The first kappa shape index (κ1) is 14.0. The number of hydrogen-bond acceptors (Lipinski definition) is 4. The molecule has 1 saturated heterocycles. The number of nitro benzene ring substituents is 1. The van der Waals surface area contributed by atoms with E-state index in [-0.39, 0.29) is 16.6 Å². The molecular weight excluding hydrogens is 268 g/mol. The zero-order valence-electron chi connectivity index (χ0n) is 10.7. The lowest BCUT2D eigenvalue weighted by molar-refractivity contribution is -0.387. The minimum atomic E-state index is -3.73. The van der Waals surface area contributed by atoms with Crippen LogP contribution in [0.5, 0.6) is 0 Å². The molecule has 1 unspecified atom stereocenters. The lowest BCUT2D eigenvalue weighted by Gasteiger charge is -2.06. The Morgan fingerprint density at radius 1 is 1.42 bits per heavy atom. The van der Waals surface area contributed by atoms with Gasteiger partial charge in [-0.15, -0.1) is 0 Å². The highest BCUT2D eigenvalue weighted by molar-refractivity contribution is 7.89. The average molecular weight is 284 g/mol. The fourth-order valence-electron chi connectivity index (χ4n) is 2.08. The van der Waals surface area contributed by atoms with E-state index in [9.17, 15) is 18.5 Å². The average Bonchev–Trinajstić information content (AvgIpc) is 3.16. The zero-order chi connectivity index (χ0) is 14.0. The maximum Gasteiger partial charge on any atom is 0.289 e. The van der Waals surface area contributed by atoms with Crippen molar-refractivity contribution in [2.75, 3.05) is 6.54 Å². The molecule has 0 bridgehead atoms. The summed E-state index contributed by atoms with van der Waals surface area (Å²) in [5, 5.41) is 10.9. The molecule has 0 aliphatic carbocycles. The van der Waals surface area contributed by atoms with Crippen molar-refractivity contribution in [3.05, 3.63) is 34.4 Å². The number of rotatable bonds is 6. The summed E-state index contributed by atoms with van der Waals surface area (Å²) in [6.07, 6.45) is 2.79. The van der Waals surface area contributed by atoms with E-state index < -0.39 is 14.9 Å². The molecule has 19 heavy (non-hydrogen) atoms. The highest BCUT2D eigenvalue weighted by Gasteiger charge is 2.45. The molecule has 1 heterocycles. The topological polar surface area (TPSA) is 80.3 Å². The molecule has 2 atom stereocenters. The van der Waals surface area contributed by atoms with Crippen LogP contribution >= 0.6 is 0 Å². The van der Waals surface area contributed by atoms with Crippen molar-refractivity contribution in [3.8, 4) is 0 Å². The summed E-state index contributed by atoms with van der Waals surface area (Å²) in [6, 6.07) is 5.49. The van der Waals surface area contributed by atoms with Crippen molar-refractivity contribution < 1.29 is 13.3 Å². The molecule has 6 nitrogen and oxygen atoms in total. The van der Waals surface area contributed by atoms with Crippen LogP contribution in [-0.2, 0) is 10.0 Å². The monoisotopic (exact) mass is 284 g/mol. The first-order valence-corrected chi connectivity index (χ1v) is 7.67. The van der Waals surface area contributed by atoms with E-state index in [1.54, 1.807) is 0 Å². The summed E-state index contributed by atoms with van der Waals surface area (Å²) in [5.74, 6) is 0. The largest absolute Gasteiger partial charge is 0.289 e. The van der Waals surface area contributed by atoms with E-state index in [1.807, 2.05) is 6.92 Å². The van der Waals surface area contributed by atoms with Gasteiger partial charge in [0.25, 0.3) is 5.69 Å². The third-order valence-electron chi connectivity index (χ3n) is 3.20. The number of nitrogens with zero attached hydrogens (tertiary/aromatic N) is 2. The summed E-state index contributed by atoms with van der Waals surface area (Å²) in [5.41, 5.74) is -0.358. The molecule has 0 aromatic heterocycles. The van der Waals surface area contributed by atoms with E-state index in [0.717, 1.165) is 19.3 Å². The Kier molecular flexibility index (Phi) is 3.86. The van der Waals surface area contributed by atoms with Gasteiger partial charge < -0.3 is 0 Å². The van der Waals surface area contributed by atoms with Gasteiger partial charge in [-0.25, -0.2) is 8.42 Å². The highest BCUT2D eigenvalue weighted by Crippen LogP contribution is 2.34. The maximum atomic E-state index is 12.3. The minimum absolute atomic E-state index is 0.00441. The molecule has 0 spiro atoms. The van der Waals surface area contributed by atoms with Crippen LogP contribution in [0.3, 0.4) is 0 Å². The number of unbranched alkanes of at least 4 members (excludes halogenated alkanes) is 1. The Balaban J connectivity index is 2.25. The second-order valence-corrected chi connectivity index (χ2v) is 6.45. The fourth-order valence-corrected chi connectivity index (χ4v) is 3.86. The highest BCUT2D eigenvalue weighted by atomic mass is 32.2. The van der Waals surface area contributed by atoms with E-state index in [0.29, 0.717) is 6.54 Å². The Labute approximate surface area is 112 Å². The van der Waals surface area contributed by atoms with Crippen LogP contribution in [0.1, 0.15) is 26.2 Å². The predicted octanol–water partition coefficient (Wildman–Crippen LogP) is 2.16. The maximum absolute atomic E-state index is 12.3. The van der Waals surface area contributed by atoms with Crippen LogP contribution in [0.4, 0.5) is 5.69 Å². The quantitative estimate of drug-likeness (QED) is 0.455. The van der Waals surface area contributed by atoms with Gasteiger partial charge in [0.2, 0.25) is 10.0 Å². The van der Waals surface area contributed by atoms with Gasteiger partial charge in [0.1, 0.15) is 0 Å². The molecule has 1 aromatic rings. The molecule has 1 aliphatic rings. The van der Waals surface area contributed by atoms with Crippen LogP contribution in [0, 0.1) is 10.1 Å². The molecule has 104 valence electrons. The molecule has 0 saturated carbocycles. The third-order valence-corrected chi connectivity index (χ3v) is 5.17. The second-order valence-electron chi connectivity index (χ2n) is 4.60. The summed E-state index contributed by atoms with van der Waals surface area (Å²) >= 11 is 0. The van der Waals surface area contributed by atoms with Crippen LogP contribution in [0.2, 0.25) is 0 Å². The van der Waals surface area contributed by atoms with E-state index >= 15 is 0 Å². The van der Waals surface area contributed by atoms with Gasteiger partial charge in [0.15, 0.2) is 4.90 Å². The van der Waals surface area contributed by atoms with Crippen molar-refractivity contribution in [2.24, 2.45) is 0 Å². The number of sulfonamides is 1. The van der Waals surface area contributed by atoms with E-state index in [1.165, 1.54) is 28.6 Å². The predicted molar refractivity (Wildman–Crippen MR) is 70.3 cm³/mol. The third kappa shape index (κ3) is 2.76. The summed E-state index contributed by atoms with van der Waals surface area (Å²) in [4.78, 5) is 10.0. The zero-order valence-corrected chi connectivity index (χ0v) is 11.5. The molecule has 7 heteroatoms. The van der Waals surface area contributed by atoms with Gasteiger partial charge >= 0.3 is 0 Å². The van der Waals surface area contributed by atoms with Crippen molar-refractivity contribution in [3.63, 3.8) is 0 Å². The van der Waals surface area contributed by atoms with Crippen LogP contribution in [0.25, 0.3) is 0 Å². The molecule has 0 amide bonds. The first-order valence-electron chi connectivity index (χ1n) is 6.23. The van der Waals surface area contributed by atoms with Gasteiger partial charge in [0, 0.05) is 18.7 Å². The number of benzene rings is 1. The number of para-hydroxylation sites is 1. The van der Waals surface area contributed by atoms with Crippen molar-refractivity contribution in [1.29, 1.82) is 0 Å². The fraction of sp³-hybridized carbons (Fsp3) is 0.500. The van der Waals surface area contributed by atoms with Crippen molar-refractivity contribution in [2.45, 2.75) is 37.1 Å². The Bertz CT molecular complexity index is 585. The van der Waals surface area contributed by atoms with E-state index in [2.05, 4.69) is 0 Å². The smallest absolute Gasteiger partial charge is 0.258 e. The van der Waals surface area contributed by atoms with Crippen LogP contribution in [-0.4, -0.2) is 30.2 Å². The Hall–Kier alpha value is -1.47. The van der Waals surface area contributed by atoms with E-state index in [4.69, 9.17) is 0 Å². The molecule has 0 N–H and O–H groups in total. The second kappa shape index (κ2) is 5.26. The van der Waals surface area contributed by atoms with Crippen molar-refractivity contribution >= 4 is 15.7 Å². The summed E-state index contributed by atoms with van der Waals surface area (Å²) in [6.45, 7) is 2.51. The van der Waals surface area contributed by atoms with Crippen molar-refractivity contribution in [1.82, 2.24) is 4.31 Å². The van der Waals surface area contributed by atoms with Gasteiger partial charge in [-0.1, -0.05) is 31.9 Å². The Morgan fingerprint density at radius 3 is 2.74 bits per heavy atom. The van der Waals surface area contributed by atoms with Gasteiger partial charge in [-0.3, -0.25) is 10.1 Å². The molecular formula is C12H16N2O4S. The SMILES string of the molecule is CCCC[C@@H]1CN1S(=O)(=O)c1ccccc1[N+](=O)[O-]. The normalized spacial score (nSPS) is 22.2. The number of hydrogen-bond donors (Lipinski definition) is 0. The minimum Gasteiger partial charge on any atom is -0.258 e. The van der Waals surface area contributed by atoms with Crippen LogP contribution in [0.15, 0.2) is 29.2 Å². The molecule has 1 fully saturated rings. The lowest BCUT2D eigenvalue weighted by atomic mass is 10.2. The first-order chi connectivity index (χ1) is 8.98. The molecule has 0 radical (unpaired) electrons. The Morgan fingerprint density at radius 2 is 2.11 bits per heavy atom. The summed E-state index contributed by atoms with van der Waals surface area (Å²) in [7, 11) is -3.73. The number of nitro groups is 1. The van der Waals surface area contributed by atoms with Gasteiger partial charge in [0.05, 0.1) is 4.92 Å². The lowest BCUT2D eigenvalue weighted by Crippen LogP contribution is -2.16. The van der Waals surface area contributed by atoms with Crippen LogP contribution < -0.4 is 0 Å². The van der Waals surface area contributed by atoms with Gasteiger partial charge in [-0.05, 0) is 12.5 Å². The molecule has 1 aromatic carbocycles. The molecule has 2 rings (SSSR count). The standard InChI is InChI=1S/C12H16N2O4S/c1-2-3-6-10-9-13(10)19(17,18)12-8-5-4-7-11(12)14(15)16/h4-5,7-8,10H,2-3,6,9H2,1H3/t10-,13?/m1/s1. The molecule has 1 aliphatic heterocycles. The summed E-state index contributed by atoms with van der Waals surface area (Å²) < 4.78 is 26.0. The van der Waals surface area contributed by atoms with Gasteiger partial charge in [-0.2, -0.15) is 4.31 Å².